The Bertz CT molecular complexity index is 2000. The van der Waals surface area contributed by atoms with Crippen LogP contribution in [0.2, 0.25) is 0 Å². The zero-order valence-electron chi connectivity index (χ0n) is 56.5. The lowest BCUT2D eigenvalue weighted by Gasteiger charge is -2.43. The van der Waals surface area contributed by atoms with Gasteiger partial charge in [-0.2, -0.15) is 0 Å². The maximum absolute atomic E-state index is 10.3. The summed E-state index contributed by atoms with van der Waals surface area (Å²) in [5, 5.41) is 10.6. The highest BCUT2D eigenvalue weighted by atomic mass is 79.9. The Morgan fingerprint density at radius 1 is 0.419 bits per heavy atom. The zero-order chi connectivity index (χ0) is 64.2. The van der Waals surface area contributed by atoms with Crippen LogP contribution < -0.4 is 0 Å². The summed E-state index contributed by atoms with van der Waals surface area (Å²) in [6.45, 7) is 46.5. The SMILES string of the molecule is CCC1OC(Br)C(C)C(C)C1C.CCC1OC(Sc2ccccc2)C(C)C(C)C1C.CCC1OC(Sc2ccccc2)C(O)C(C)C1C.CCOC1(C)OC2OC(CC)C(C)C(C)C2O1.CCOC1(C)OC2OC(CC)C(C)C(C)C2O1.ClCCCl. The molecule has 17 heteroatoms. The molecule has 0 saturated carbocycles. The largest absolute Gasteiger partial charge is 0.389 e. The summed E-state index contributed by atoms with van der Waals surface area (Å²) in [4.78, 5) is 2.46. The lowest BCUT2D eigenvalue weighted by atomic mass is 9.79. The van der Waals surface area contributed by atoms with Gasteiger partial charge in [0.1, 0.15) is 28.1 Å². The fraction of sp³-hybridized carbons (Fsp3) is 0.826. The van der Waals surface area contributed by atoms with E-state index in [9.17, 15) is 5.11 Å². The summed E-state index contributed by atoms with van der Waals surface area (Å²) >= 11 is 17.2. The van der Waals surface area contributed by atoms with Gasteiger partial charge in [0.05, 0.1) is 36.6 Å². The molecule has 0 radical (unpaired) electrons. The van der Waals surface area contributed by atoms with Crippen LogP contribution in [-0.4, -0.2) is 119 Å². The highest BCUT2D eigenvalue weighted by molar-refractivity contribution is 9.09. The van der Waals surface area contributed by atoms with E-state index in [1.165, 1.54) is 4.90 Å². The molecule has 1 N–H and O–H groups in total. The van der Waals surface area contributed by atoms with E-state index in [0.717, 1.165) is 48.8 Å². The number of halogens is 3. The molecule has 7 aliphatic heterocycles. The molecule has 27 unspecified atom stereocenters. The van der Waals surface area contributed by atoms with Gasteiger partial charge in [0.15, 0.2) is 12.6 Å². The molecule has 0 spiro atoms. The fourth-order valence-corrected chi connectivity index (χ4v) is 15.9. The van der Waals surface area contributed by atoms with Crippen LogP contribution in [0.1, 0.15) is 178 Å². The monoisotopic (exact) mass is 1350 g/mol. The lowest BCUT2D eigenvalue weighted by molar-refractivity contribution is -0.342. The third-order valence-corrected chi connectivity index (χ3v) is 23.9. The van der Waals surface area contributed by atoms with Crippen molar-refractivity contribution in [2.45, 2.75) is 277 Å². The standard InChI is InChI=1S/C16H24OS.C15H22O2S.2C13H24O4.C10H19BrO.C2H4Cl2/c1-5-15-12(3)11(2)13(4)16(17-15)18-14-9-7-6-8-10-14;1-4-13-10(2)11(3)14(16)15(17-13)18-12-8-6-5-7-9-12;2*1-6-10-8(3)9(4)11-12(15-10)17-13(5,16-11)14-7-2;1-5-9-7(3)6(2)8(4)10(11)12-9;3-1-2-4/h6-13,15-16H,5H2,1-4H3;5-11,13-16H,4H2,1-3H3;2*8-12H,6-7H2,1-5H3;6-10H,5H2,1-4H3;1-2H2. The summed E-state index contributed by atoms with van der Waals surface area (Å²) in [7, 11) is 0. The van der Waals surface area contributed by atoms with Crippen molar-refractivity contribution in [3.05, 3.63) is 60.7 Å². The molecule has 7 aliphatic rings. The number of ether oxygens (including phenoxy) is 11. The minimum Gasteiger partial charge on any atom is -0.389 e. The number of rotatable bonds is 14. The van der Waals surface area contributed by atoms with E-state index >= 15 is 0 Å². The van der Waals surface area contributed by atoms with Crippen molar-refractivity contribution < 1.29 is 57.2 Å². The predicted molar refractivity (Wildman–Crippen MR) is 358 cm³/mol. The van der Waals surface area contributed by atoms with Crippen LogP contribution in [0.4, 0.5) is 0 Å². The molecule has 498 valence electrons. The van der Waals surface area contributed by atoms with Crippen molar-refractivity contribution in [1.82, 2.24) is 0 Å². The lowest BCUT2D eigenvalue weighted by Crippen LogP contribution is -2.47. The number of benzene rings is 2. The molecule has 0 aliphatic carbocycles. The Hall–Kier alpha value is -0.280. The first-order valence-electron chi connectivity index (χ1n) is 32.9. The highest BCUT2D eigenvalue weighted by Crippen LogP contribution is 2.46. The summed E-state index contributed by atoms with van der Waals surface area (Å²) in [5.74, 6) is 5.79. The Morgan fingerprint density at radius 3 is 1.12 bits per heavy atom. The van der Waals surface area contributed by atoms with Gasteiger partial charge in [-0.25, -0.2) is 0 Å². The molecular weight excluding hydrogens is 1240 g/mol. The molecule has 0 aromatic heterocycles. The molecule has 7 saturated heterocycles. The summed E-state index contributed by atoms with van der Waals surface area (Å²) in [6.07, 6.45) is 5.84. The summed E-state index contributed by atoms with van der Waals surface area (Å²) in [5.41, 5.74) is 0.145. The van der Waals surface area contributed by atoms with E-state index in [1.54, 1.807) is 11.8 Å². The van der Waals surface area contributed by atoms with Crippen LogP contribution in [0.3, 0.4) is 0 Å². The van der Waals surface area contributed by atoms with Crippen LogP contribution in [0.15, 0.2) is 70.5 Å². The number of alkyl halides is 3. The second-order valence-corrected chi connectivity index (χ2v) is 29.3. The second kappa shape index (κ2) is 38.2. The maximum atomic E-state index is 10.3. The minimum atomic E-state index is -0.944. The molecule has 7 fully saturated rings. The number of hydrogen-bond donors (Lipinski definition) is 1. The van der Waals surface area contributed by atoms with Gasteiger partial charge in [-0.3, -0.25) is 9.47 Å². The van der Waals surface area contributed by atoms with E-state index in [1.807, 2.05) is 57.7 Å². The molecule has 9 rings (SSSR count). The molecule has 7 heterocycles. The van der Waals surface area contributed by atoms with Crippen molar-refractivity contribution in [3.63, 3.8) is 0 Å². The average molecular weight is 1350 g/mol. The molecule has 0 bridgehead atoms. The first-order valence-corrected chi connectivity index (χ1v) is 36.6. The van der Waals surface area contributed by atoms with Crippen molar-refractivity contribution in [2.24, 2.45) is 71.0 Å². The van der Waals surface area contributed by atoms with E-state index in [-0.39, 0.29) is 59.5 Å². The maximum Gasteiger partial charge on any atom is 0.282 e. The molecule has 86 heavy (non-hydrogen) atoms. The molecule has 2 aromatic rings. The first kappa shape index (κ1) is 78.2. The number of hydrogen-bond acceptors (Lipinski definition) is 14. The normalized spacial score (nSPS) is 42.4. The predicted octanol–water partition coefficient (Wildman–Crippen LogP) is 18.3. The van der Waals surface area contributed by atoms with Gasteiger partial charge in [-0.05, 0) is 141 Å². The zero-order valence-corrected chi connectivity index (χ0v) is 61.2. The number of fused-ring (bicyclic) bond motifs is 2. The number of thioether (sulfide) groups is 2. The van der Waals surface area contributed by atoms with Gasteiger partial charge < -0.3 is 47.7 Å². The molecule has 27 atom stereocenters. The Kier molecular flexibility index (Phi) is 34.7. The topological polar surface area (TPSA) is 122 Å². The summed E-state index contributed by atoms with van der Waals surface area (Å²) < 4.78 is 64.5. The van der Waals surface area contributed by atoms with Crippen LogP contribution >= 0.6 is 62.7 Å². The molecule has 2 aromatic carbocycles. The summed E-state index contributed by atoms with van der Waals surface area (Å²) in [6, 6.07) is 20.8. The van der Waals surface area contributed by atoms with Gasteiger partial charge >= 0.3 is 0 Å². The molecule has 0 amide bonds. The van der Waals surface area contributed by atoms with Crippen LogP contribution in [0, 0.1) is 71.0 Å². The Labute approximate surface area is 549 Å². The van der Waals surface area contributed by atoms with Crippen molar-refractivity contribution in [1.29, 1.82) is 0 Å². The quantitative estimate of drug-likeness (QED) is 0.181. The van der Waals surface area contributed by atoms with Gasteiger partial charge in [0.2, 0.25) is 0 Å². The molecule has 12 nitrogen and oxygen atoms in total. The van der Waals surface area contributed by atoms with E-state index < -0.39 is 18.1 Å². The van der Waals surface area contributed by atoms with E-state index in [2.05, 4.69) is 176 Å². The average Bonchev–Trinajstić information content (AvgIpc) is 2.11. The van der Waals surface area contributed by atoms with Crippen molar-refractivity contribution in [3.8, 4) is 0 Å². The van der Waals surface area contributed by atoms with E-state index in [0.29, 0.717) is 95.9 Å². The van der Waals surface area contributed by atoms with Crippen molar-refractivity contribution in [2.75, 3.05) is 25.0 Å². The van der Waals surface area contributed by atoms with Gasteiger partial charge in [-0.15, -0.1) is 23.2 Å². The van der Waals surface area contributed by atoms with Gasteiger partial charge in [-0.1, -0.05) is 194 Å². The van der Waals surface area contributed by atoms with Crippen LogP contribution in [0.5, 0.6) is 0 Å². The number of aliphatic hydroxyl groups is 1. The fourth-order valence-electron chi connectivity index (χ4n) is 12.7. The third-order valence-electron chi connectivity index (χ3n) is 19.8. The highest BCUT2D eigenvalue weighted by Gasteiger charge is 2.55. The second-order valence-electron chi connectivity index (χ2n) is 25.3. The Balaban J connectivity index is 0.000000228. The van der Waals surface area contributed by atoms with E-state index in [4.69, 9.17) is 75.3 Å². The van der Waals surface area contributed by atoms with Gasteiger partial charge in [0.25, 0.3) is 11.9 Å². The molecular formula is C69H117BrCl2O12S2. The minimum absolute atomic E-state index is 0.0238. The third kappa shape index (κ3) is 21.6. The smallest absolute Gasteiger partial charge is 0.282 e. The first-order chi connectivity index (χ1) is 40.8. The Morgan fingerprint density at radius 2 is 0.744 bits per heavy atom. The van der Waals surface area contributed by atoms with Gasteiger partial charge in [0, 0.05) is 48.6 Å². The van der Waals surface area contributed by atoms with Crippen molar-refractivity contribution >= 4 is 62.7 Å². The van der Waals surface area contributed by atoms with Crippen LogP contribution in [0.25, 0.3) is 0 Å². The number of aliphatic hydroxyl groups excluding tert-OH is 1. The van der Waals surface area contributed by atoms with Crippen LogP contribution in [-0.2, 0) is 52.1 Å².